The predicted octanol–water partition coefficient (Wildman–Crippen LogP) is 5.78. The van der Waals surface area contributed by atoms with E-state index >= 15 is 0 Å². The van der Waals surface area contributed by atoms with Gasteiger partial charge in [0.15, 0.2) is 0 Å². The maximum absolute atomic E-state index is 13.5. The van der Waals surface area contributed by atoms with Crippen molar-refractivity contribution in [1.82, 2.24) is 10.3 Å². The fraction of sp³-hybridized carbons (Fsp3) is 0.222. The third-order valence-corrected chi connectivity index (χ3v) is 5.41. The molecule has 0 atom stereocenters. The molecule has 0 unspecified atom stereocenters. The van der Waals surface area contributed by atoms with Crippen molar-refractivity contribution in [2.24, 2.45) is 0 Å². The molecule has 0 fully saturated rings. The second kappa shape index (κ2) is 11.3. The fourth-order valence-corrected chi connectivity index (χ4v) is 3.67. The summed E-state index contributed by atoms with van der Waals surface area (Å²) in [6.45, 7) is 2.13. The van der Waals surface area contributed by atoms with E-state index in [2.05, 4.69) is 15.6 Å². The molecule has 7 heteroatoms. The SMILES string of the molecule is COc1ccc(Oc2ccc3c(NCCCNCc4cc(F)ccc4OC)ccnc3c2)cc1. The molecule has 0 radical (unpaired) electrons. The van der Waals surface area contributed by atoms with Gasteiger partial charge in [-0.25, -0.2) is 4.39 Å². The molecule has 0 aliphatic rings. The smallest absolute Gasteiger partial charge is 0.129 e. The average Bonchev–Trinajstić information content (AvgIpc) is 2.86. The van der Waals surface area contributed by atoms with Gasteiger partial charge in [0.25, 0.3) is 0 Å². The van der Waals surface area contributed by atoms with Gasteiger partial charge in [-0.15, -0.1) is 0 Å². The molecule has 176 valence electrons. The number of rotatable bonds is 11. The maximum atomic E-state index is 13.5. The van der Waals surface area contributed by atoms with Gasteiger partial charge in [0.1, 0.15) is 28.8 Å². The van der Waals surface area contributed by atoms with Gasteiger partial charge in [0.05, 0.1) is 19.7 Å². The molecule has 4 rings (SSSR count). The van der Waals surface area contributed by atoms with E-state index in [-0.39, 0.29) is 5.82 Å². The Morgan fingerprint density at radius 2 is 1.62 bits per heavy atom. The summed E-state index contributed by atoms with van der Waals surface area (Å²) in [5, 5.41) is 7.85. The van der Waals surface area contributed by atoms with Crippen LogP contribution in [0.15, 0.2) is 72.9 Å². The lowest BCUT2D eigenvalue weighted by atomic mass is 10.1. The van der Waals surface area contributed by atoms with Gasteiger partial charge >= 0.3 is 0 Å². The Kier molecular flexibility index (Phi) is 7.78. The number of nitrogens with zero attached hydrogens (tertiary/aromatic N) is 1. The Labute approximate surface area is 198 Å². The van der Waals surface area contributed by atoms with E-state index in [0.717, 1.165) is 58.9 Å². The van der Waals surface area contributed by atoms with Crippen LogP contribution in [0.4, 0.5) is 10.1 Å². The van der Waals surface area contributed by atoms with Crippen LogP contribution >= 0.6 is 0 Å². The quantitative estimate of drug-likeness (QED) is 0.276. The van der Waals surface area contributed by atoms with Crippen molar-refractivity contribution < 1.29 is 18.6 Å². The minimum Gasteiger partial charge on any atom is -0.497 e. The molecular weight excluding hydrogens is 433 g/mol. The number of hydrogen-bond acceptors (Lipinski definition) is 6. The Balaban J connectivity index is 1.30. The van der Waals surface area contributed by atoms with Gasteiger partial charge in [-0.2, -0.15) is 0 Å². The van der Waals surface area contributed by atoms with Crippen LogP contribution in [0.2, 0.25) is 0 Å². The van der Waals surface area contributed by atoms with Crippen LogP contribution in [0.25, 0.3) is 10.9 Å². The molecule has 0 aliphatic carbocycles. The molecule has 4 aromatic rings. The topological polar surface area (TPSA) is 64.6 Å². The monoisotopic (exact) mass is 461 g/mol. The number of methoxy groups -OCH3 is 2. The van der Waals surface area contributed by atoms with Crippen LogP contribution in [-0.4, -0.2) is 32.3 Å². The molecule has 0 aliphatic heterocycles. The number of benzene rings is 3. The molecular formula is C27H28FN3O3. The van der Waals surface area contributed by atoms with E-state index in [4.69, 9.17) is 14.2 Å². The molecule has 0 bridgehead atoms. The van der Waals surface area contributed by atoms with Gasteiger partial charge in [0.2, 0.25) is 0 Å². The lowest BCUT2D eigenvalue weighted by molar-refractivity contribution is 0.406. The number of halogens is 1. The van der Waals surface area contributed by atoms with E-state index < -0.39 is 0 Å². The van der Waals surface area contributed by atoms with Gasteiger partial charge in [0, 0.05) is 42.0 Å². The Bertz CT molecular complexity index is 1230. The van der Waals surface area contributed by atoms with Crippen LogP contribution in [-0.2, 0) is 6.54 Å². The minimum absolute atomic E-state index is 0.263. The predicted molar refractivity (Wildman–Crippen MR) is 133 cm³/mol. The standard InChI is InChI=1S/C27H28FN3O3/c1-32-21-5-7-22(8-6-21)34-23-9-10-24-25(12-15-31-26(24)17-23)30-14-3-13-29-18-19-16-20(28)4-11-27(19)33-2/h4-12,15-17,29H,3,13-14,18H2,1-2H3,(H,30,31). The zero-order chi connectivity index (χ0) is 23.8. The summed E-state index contributed by atoms with van der Waals surface area (Å²) in [4.78, 5) is 4.49. The first-order valence-corrected chi connectivity index (χ1v) is 11.1. The van der Waals surface area contributed by atoms with Crippen LogP contribution in [0.3, 0.4) is 0 Å². The lowest BCUT2D eigenvalue weighted by Crippen LogP contribution is -2.18. The van der Waals surface area contributed by atoms with Crippen LogP contribution < -0.4 is 24.8 Å². The molecule has 2 N–H and O–H groups in total. The Morgan fingerprint density at radius 3 is 2.41 bits per heavy atom. The van der Waals surface area contributed by atoms with Gasteiger partial charge in [-0.3, -0.25) is 4.98 Å². The van der Waals surface area contributed by atoms with Gasteiger partial charge in [-0.05, 0) is 73.6 Å². The number of nitrogens with one attached hydrogen (secondary N) is 2. The average molecular weight is 462 g/mol. The molecule has 1 heterocycles. The van der Waals surface area contributed by atoms with E-state index in [1.807, 2.05) is 48.5 Å². The van der Waals surface area contributed by atoms with Crippen LogP contribution in [0.5, 0.6) is 23.0 Å². The van der Waals surface area contributed by atoms with Crippen molar-refractivity contribution in [2.45, 2.75) is 13.0 Å². The third-order valence-electron chi connectivity index (χ3n) is 5.41. The van der Waals surface area contributed by atoms with E-state index in [1.165, 1.54) is 12.1 Å². The van der Waals surface area contributed by atoms with Crippen molar-refractivity contribution in [3.05, 3.63) is 84.3 Å². The van der Waals surface area contributed by atoms with Crippen molar-refractivity contribution in [3.63, 3.8) is 0 Å². The summed E-state index contributed by atoms with van der Waals surface area (Å²) in [7, 11) is 3.23. The molecule has 0 saturated heterocycles. The van der Waals surface area contributed by atoms with Crippen molar-refractivity contribution in [3.8, 4) is 23.0 Å². The number of aromatic nitrogens is 1. The second-order valence-electron chi connectivity index (χ2n) is 7.73. The van der Waals surface area contributed by atoms with Gasteiger partial charge in [-0.1, -0.05) is 0 Å². The van der Waals surface area contributed by atoms with Crippen molar-refractivity contribution in [1.29, 1.82) is 0 Å². The highest BCUT2D eigenvalue weighted by atomic mass is 19.1. The Hall–Kier alpha value is -3.84. The normalized spacial score (nSPS) is 10.8. The highest BCUT2D eigenvalue weighted by molar-refractivity contribution is 5.91. The number of ether oxygens (including phenoxy) is 3. The lowest BCUT2D eigenvalue weighted by Gasteiger charge is -2.12. The third kappa shape index (κ3) is 5.94. The van der Waals surface area contributed by atoms with Crippen LogP contribution in [0.1, 0.15) is 12.0 Å². The molecule has 1 aromatic heterocycles. The number of fused-ring (bicyclic) bond motifs is 1. The van der Waals surface area contributed by atoms with E-state index in [0.29, 0.717) is 12.3 Å². The second-order valence-corrected chi connectivity index (χ2v) is 7.73. The first kappa shape index (κ1) is 23.3. The summed E-state index contributed by atoms with van der Waals surface area (Å²) in [5.74, 6) is 2.66. The van der Waals surface area contributed by atoms with Crippen molar-refractivity contribution in [2.75, 3.05) is 32.6 Å². The number of pyridine rings is 1. The van der Waals surface area contributed by atoms with E-state index in [9.17, 15) is 4.39 Å². The van der Waals surface area contributed by atoms with Gasteiger partial charge < -0.3 is 24.8 Å². The molecule has 0 spiro atoms. The zero-order valence-electron chi connectivity index (χ0n) is 19.3. The number of hydrogen-bond donors (Lipinski definition) is 2. The molecule has 6 nitrogen and oxygen atoms in total. The highest BCUT2D eigenvalue weighted by Crippen LogP contribution is 2.29. The first-order chi connectivity index (χ1) is 16.7. The summed E-state index contributed by atoms with van der Waals surface area (Å²) in [6, 6.07) is 19.9. The molecule has 0 saturated carbocycles. The summed E-state index contributed by atoms with van der Waals surface area (Å²) >= 11 is 0. The first-order valence-electron chi connectivity index (χ1n) is 11.1. The molecule has 0 amide bonds. The maximum Gasteiger partial charge on any atom is 0.129 e. The summed E-state index contributed by atoms with van der Waals surface area (Å²) < 4.78 is 29.9. The number of anilines is 1. The zero-order valence-corrected chi connectivity index (χ0v) is 19.3. The largest absolute Gasteiger partial charge is 0.497 e. The highest BCUT2D eigenvalue weighted by Gasteiger charge is 2.06. The van der Waals surface area contributed by atoms with E-state index in [1.54, 1.807) is 26.5 Å². The fourth-order valence-electron chi connectivity index (χ4n) is 3.67. The Morgan fingerprint density at radius 1 is 0.824 bits per heavy atom. The minimum atomic E-state index is -0.263. The molecule has 3 aromatic carbocycles. The van der Waals surface area contributed by atoms with Crippen LogP contribution in [0, 0.1) is 5.82 Å². The molecule has 34 heavy (non-hydrogen) atoms. The summed E-state index contributed by atoms with van der Waals surface area (Å²) in [5.41, 5.74) is 2.68. The van der Waals surface area contributed by atoms with Crippen molar-refractivity contribution >= 4 is 16.6 Å². The summed E-state index contributed by atoms with van der Waals surface area (Å²) in [6.07, 6.45) is 2.69.